The van der Waals surface area contributed by atoms with E-state index in [1.807, 2.05) is 0 Å². The van der Waals surface area contributed by atoms with Crippen LogP contribution in [0.25, 0.3) is 0 Å². The molecule has 2 heterocycles. The molecular weight excluding hydrogens is 557 g/mol. The number of nitrogens with zero attached hydrogens (tertiary/aromatic N) is 2. The monoisotopic (exact) mass is 584 g/mol. The molecule has 1 amide bonds. The summed E-state index contributed by atoms with van der Waals surface area (Å²) in [6, 6.07) is 3.88. The number of H-pyrrole nitrogens is 1. The minimum Gasteiger partial charge on any atom is -0.394 e. The molecule has 41 heavy (non-hydrogen) atoms. The molecule has 0 bridgehead atoms. The maximum Gasteiger partial charge on any atom is 0.471 e. The first-order valence-electron chi connectivity index (χ1n) is 12.3. The summed E-state index contributed by atoms with van der Waals surface area (Å²) in [5.74, 6) is 2.25. The Morgan fingerprint density at radius 2 is 2.07 bits per heavy atom. The van der Waals surface area contributed by atoms with Gasteiger partial charge in [0.1, 0.15) is 12.3 Å². The Morgan fingerprint density at radius 1 is 1.37 bits per heavy atom. The summed E-state index contributed by atoms with van der Waals surface area (Å²) >= 11 is 0. The van der Waals surface area contributed by atoms with Crippen molar-refractivity contribution >= 4 is 11.6 Å². The third-order valence-corrected chi connectivity index (χ3v) is 6.12. The fourth-order valence-electron chi connectivity index (χ4n) is 4.11. The van der Waals surface area contributed by atoms with Gasteiger partial charge in [-0.2, -0.15) is 13.2 Å². The fourth-order valence-corrected chi connectivity index (χ4v) is 4.11. The zero-order chi connectivity index (χ0) is 30.5. The smallest absolute Gasteiger partial charge is 0.394 e. The molecule has 4 N–H and O–H groups in total. The average molecular weight is 585 g/mol. The van der Waals surface area contributed by atoms with Gasteiger partial charge in [0.2, 0.25) is 0 Å². The van der Waals surface area contributed by atoms with Crippen LogP contribution in [0.15, 0.2) is 34.0 Å². The second kappa shape index (κ2) is 13.1. The Morgan fingerprint density at radius 3 is 2.66 bits per heavy atom. The number of aromatic nitrogens is 2. The van der Waals surface area contributed by atoms with Crippen LogP contribution in [0.5, 0.6) is 0 Å². The van der Waals surface area contributed by atoms with Crippen LogP contribution in [0.4, 0.5) is 18.9 Å². The third-order valence-electron chi connectivity index (χ3n) is 6.12. The van der Waals surface area contributed by atoms with E-state index in [2.05, 4.69) is 16.8 Å². The van der Waals surface area contributed by atoms with Gasteiger partial charge in [0.25, 0.3) is 11.2 Å². The summed E-state index contributed by atoms with van der Waals surface area (Å²) in [6.45, 7) is 1.97. The SMILES string of the molecule is CC(C)[C@H](OCc1cn([C@H]2CC(O)[C@@H](CO)O2)c(=O)[nH]c1=O)c1ccc(C#CCNC(=O)C(F)(F)F)cc1[N+](=O)[O-]. The Hall–Kier alpha value is -4.04. The van der Waals surface area contributed by atoms with Crippen LogP contribution in [0.1, 0.15) is 49.3 Å². The van der Waals surface area contributed by atoms with Crippen molar-refractivity contribution in [2.24, 2.45) is 5.92 Å². The summed E-state index contributed by atoms with van der Waals surface area (Å²) in [6.07, 6.45) is -7.68. The Balaban J connectivity index is 1.82. The molecule has 1 unspecified atom stereocenters. The van der Waals surface area contributed by atoms with Gasteiger partial charge in [-0.1, -0.05) is 25.7 Å². The minimum atomic E-state index is -5.06. The lowest BCUT2D eigenvalue weighted by Crippen LogP contribution is -2.36. The van der Waals surface area contributed by atoms with E-state index in [-0.39, 0.29) is 35.6 Å². The van der Waals surface area contributed by atoms with Crippen LogP contribution in [-0.4, -0.2) is 62.1 Å². The number of carbonyl (C=O) groups excluding carboxylic acids is 1. The minimum absolute atomic E-state index is 0.00756. The van der Waals surface area contributed by atoms with Crippen molar-refractivity contribution in [1.29, 1.82) is 0 Å². The lowest BCUT2D eigenvalue weighted by Gasteiger charge is -2.22. The molecule has 13 nitrogen and oxygen atoms in total. The summed E-state index contributed by atoms with van der Waals surface area (Å²) in [4.78, 5) is 49.0. The number of nitro groups is 1. The van der Waals surface area contributed by atoms with Crippen LogP contribution in [0.3, 0.4) is 0 Å². The lowest BCUT2D eigenvalue weighted by atomic mass is 9.96. The van der Waals surface area contributed by atoms with E-state index in [0.29, 0.717) is 0 Å². The predicted molar refractivity (Wildman–Crippen MR) is 134 cm³/mol. The van der Waals surface area contributed by atoms with Gasteiger partial charge in [0.15, 0.2) is 0 Å². The fraction of sp³-hybridized carbons (Fsp3) is 0.480. The highest BCUT2D eigenvalue weighted by atomic mass is 19.4. The number of amides is 1. The van der Waals surface area contributed by atoms with E-state index < -0.39 is 71.6 Å². The highest BCUT2D eigenvalue weighted by molar-refractivity contribution is 5.81. The summed E-state index contributed by atoms with van der Waals surface area (Å²) < 4.78 is 49.2. The largest absolute Gasteiger partial charge is 0.471 e. The zero-order valence-electron chi connectivity index (χ0n) is 21.8. The maximum atomic E-state index is 12.5. The zero-order valence-corrected chi connectivity index (χ0v) is 21.8. The van der Waals surface area contributed by atoms with Gasteiger partial charge >= 0.3 is 17.8 Å². The molecule has 222 valence electrons. The Labute approximate surface area is 230 Å². The van der Waals surface area contributed by atoms with Crippen molar-refractivity contribution < 1.29 is 42.6 Å². The molecule has 1 saturated heterocycles. The van der Waals surface area contributed by atoms with E-state index in [0.717, 1.165) is 10.6 Å². The molecule has 1 aliphatic rings. The van der Waals surface area contributed by atoms with Gasteiger partial charge in [0.05, 0.1) is 48.0 Å². The van der Waals surface area contributed by atoms with E-state index in [1.165, 1.54) is 18.3 Å². The lowest BCUT2D eigenvalue weighted by molar-refractivity contribution is -0.386. The molecule has 0 saturated carbocycles. The van der Waals surface area contributed by atoms with Gasteiger partial charge in [-0.3, -0.25) is 29.3 Å². The van der Waals surface area contributed by atoms with Crippen LogP contribution < -0.4 is 16.6 Å². The number of aromatic amines is 1. The van der Waals surface area contributed by atoms with Gasteiger partial charge in [-0.25, -0.2) is 4.79 Å². The normalized spacial score (nSPS) is 19.5. The number of aliphatic hydroxyl groups excluding tert-OH is 2. The highest BCUT2D eigenvalue weighted by Gasteiger charge is 2.38. The standard InChI is InChI=1S/C25H27F3N4O9/c1-13(2)21(16-6-5-14(8-17(16)32(38)39)4-3-7-29-23(36)25(26,27)28)40-12-15-10-31(24(37)30-22(15)35)20-9-18(34)19(11-33)41-20/h5-6,8,10,13,18-21,33-34H,7,9,11-12H2,1-2H3,(H,29,36)(H,30,35,37)/t18?,19-,20-,21+/m1/s1. The van der Waals surface area contributed by atoms with E-state index >= 15 is 0 Å². The van der Waals surface area contributed by atoms with Crippen LogP contribution >= 0.6 is 0 Å². The summed E-state index contributed by atoms with van der Waals surface area (Å²) in [5.41, 5.74) is -1.72. The molecule has 0 radical (unpaired) electrons. The number of aliphatic hydroxyl groups is 2. The number of hydrogen-bond acceptors (Lipinski definition) is 9. The number of nitrogens with one attached hydrogen (secondary N) is 2. The molecule has 3 rings (SSSR count). The molecule has 0 spiro atoms. The van der Waals surface area contributed by atoms with Crippen LogP contribution in [0.2, 0.25) is 0 Å². The molecule has 4 atom stereocenters. The predicted octanol–water partition coefficient (Wildman–Crippen LogP) is 1.03. The van der Waals surface area contributed by atoms with Crippen molar-refractivity contribution in [3.05, 3.63) is 72.0 Å². The van der Waals surface area contributed by atoms with Crippen molar-refractivity contribution in [2.45, 2.75) is 57.6 Å². The maximum absolute atomic E-state index is 12.5. The average Bonchev–Trinajstić information content (AvgIpc) is 3.27. The highest BCUT2D eigenvalue weighted by Crippen LogP contribution is 2.34. The van der Waals surface area contributed by atoms with Gasteiger partial charge < -0.3 is 25.0 Å². The van der Waals surface area contributed by atoms with Crippen molar-refractivity contribution in [3.63, 3.8) is 0 Å². The van der Waals surface area contributed by atoms with Crippen LogP contribution in [-0.2, 0) is 20.9 Å². The van der Waals surface area contributed by atoms with E-state index in [4.69, 9.17) is 9.47 Å². The second-order valence-corrected chi connectivity index (χ2v) is 9.42. The number of rotatable bonds is 9. The molecule has 1 fully saturated rings. The van der Waals surface area contributed by atoms with Gasteiger partial charge in [-0.05, 0) is 18.1 Å². The number of halogens is 3. The van der Waals surface area contributed by atoms with Gasteiger partial charge in [-0.15, -0.1) is 0 Å². The van der Waals surface area contributed by atoms with E-state index in [1.54, 1.807) is 19.2 Å². The molecule has 16 heteroatoms. The summed E-state index contributed by atoms with van der Waals surface area (Å²) in [7, 11) is 0. The van der Waals surface area contributed by atoms with Crippen LogP contribution in [0, 0.1) is 27.9 Å². The van der Waals surface area contributed by atoms with E-state index in [9.17, 15) is 47.9 Å². The number of hydrogen-bond donors (Lipinski definition) is 4. The molecular formula is C25H27F3N4O9. The first-order valence-corrected chi connectivity index (χ1v) is 12.3. The summed E-state index contributed by atoms with van der Waals surface area (Å²) in [5, 5.41) is 32.7. The first-order chi connectivity index (χ1) is 19.2. The number of ether oxygens (including phenoxy) is 2. The molecule has 1 aromatic carbocycles. The third kappa shape index (κ3) is 7.79. The number of carbonyl (C=O) groups is 1. The second-order valence-electron chi connectivity index (χ2n) is 9.42. The number of alkyl halides is 3. The van der Waals surface area contributed by atoms with Crippen molar-refractivity contribution in [2.75, 3.05) is 13.2 Å². The topological polar surface area (TPSA) is 186 Å². The Bertz CT molecular complexity index is 1460. The van der Waals surface area contributed by atoms with Gasteiger partial charge in [0, 0.05) is 24.2 Å². The Kier molecular flexibility index (Phi) is 10.0. The number of nitro benzene ring substituents is 1. The van der Waals surface area contributed by atoms with Crippen molar-refractivity contribution in [3.8, 4) is 11.8 Å². The molecule has 1 aliphatic heterocycles. The molecule has 0 aliphatic carbocycles. The number of benzene rings is 1. The molecule has 1 aromatic heterocycles. The first kappa shape index (κ1) is 31.5. The molecule has 2 aromatic rings. The quantitative estimate of drug-likeness (QED) is 0.190. The van der Waals surface area contributed by atoms with Crippen molar-refractivity contribution in [1.82, 2.24) is 14.9 Å².